The first-order valence-electron chi connectivity index (χ1n) is 6.41. The number of para-hydroxylation sites is 1. The lowest BCUT2D eigenvalue weighted by Gasteiger charge is -2.14. The molecule has 1 atom stereocenters. The summed E-state index contributed by atoms with van der Waals surface area (Å²) in [4.78, 5) is 0. The molecule has 18 heavy (non-hydrogen) atoms. The van der Waals surface area contributed by atoms with E-state index in [1.54, 1.807) is 0 Å². The normalized spacial score (nSPS) is 12.5. The molecule has 0 fully saturated rings. The Morgan fingerprint density at radius 3 is 2.56 bits per heavy atom. The molecule has 0 amide bonds. The van der Waals surface area contributed by atoms with Crippen LogP contribution in [0.3, 0.4) is 0 Å². The molecule has 0 aliphatic rings. The highest BCUT2D eigenvalue weighted by Crippen LogP contribution is 2.25. The van der Waals surface area contributed by atoms with Crippen molar-refractivity contribution in [2.75, 3.05) is 6.61 Å². The highest BCUT2D eigenvalue weighted by Gasteiger charge is 2.09. The van der Waals surface area contributed by atoms with E-state index < -0.39 is 0 Å². The topological polar surface area (TPSA) is 35.2 Å². The van der Waals surface area contributed by atoms with Crippen molar-refractivity contribution >= 4 is 0 Å². The van der Waals surface area contributed by atoms with E-state index in [9.17, 15) is 0 Å². The third-order valence-corrected chi connectivity index (χ3v) is 2.52. The van der Waals surface area contributed by atoms with Gasteiger partial charge in [-0.1, -0.05) is 37.0 Å². The van der Waals surface area contributed by atoms with Crippen molar-refractivity contribution in [3.8, 4) is 17.6 Å². The molecule has 1 unspecified atom stereocenters. The highest BCUT2D eigenvalue weighted by atomic mass is 16.5. The zero-order valence-corrected chi connectivity index (χ0v) is 11.8. The summed E-state index contributed by atoms with van der Waals surface area (Å²) in [5.41, 5.74) is 7.12. The summed E-state index contributed by atoms with van der Waals surface area (Å²) < 4.78 is 5.70. The Kier molecular flexibility index (Phi) is 5.25. The summed E-state index contributed by atoms with van der Waals surface area (Å²) in [5, 5.41) is 0. The molecule has 0 saturated carbocycles. The second-order valence-corrected chi connectivity index (χ2v) is 5.39. The number of hydrogen-bond acceptors (Lipinski definition) is 2. The predicted octanol–water partition coefficient (Wildman–Crippen LogP) is 3.52. The van der Waals surface area contributed by atoms with Gasteiger partial charge in [0.2, 0.25) is 0 Å². The van der Waals surface area contributed by atoms with Crippen molar-refractivity contribution in [1.29, 1.82) is 0 Å². The molecule has 0 aliphatic carbocycles. The molecule has 1 aromatic carbocycles. The number of nitrogens with two attached hydrogens (primary N) is 1. The Morgan fingerprint density at radius 2 is 1.94 bits per heavy atom. The fraction of sp³-hybridized carbons (Fsp3) is 0.500. The van der Waals surface area contributed by atoms with Crippen LogP contribution in [0.1, 0.15) is 45.7 Å². The molecular weight excluding hydrogens is 222 g/mol. The Bertz CT molecular complexity index is 434. The molecule has 1 aromatic rings. The van der Waals surface area contributed by atoms with Crippen molar-refractivity contribution in [2.24, 2.45) is 11.1 Å². The Labute approximate surface area is 111 Å². The minimum absolute atomic E-state index is 0.0166. The average molecular weight is 245 g/mol. The van der Waals surface area contributed by atoms with Gasteiger partial charge in [-0.2, -0.15) is 0 Å². The predicted molar refractivity (Wildman–Crippen MR) is 76.4 cm³/mol. The first-order chi connectivity index (χ1) is 8.44. The largest absolute Gasteiger partial charge is 0.481 e. The van der Waals surface area contributed by atoms with Crippen molar-refractivity contribution in [2.45, 2.75) is 40.2 Å². The van der Waals surface area contributed by atoms with Gasteiger partial charge in [0.15, 0.2) is 0 Å². The van der Waals surface area contributed by atoms with Crippen molar-refractivity contribution in [3.05, 3.63) is 29.8 Å². The average Bonchev–Trinajstić information content (AvgIpc) is 2.33. The Balaban J connectivity index is 2.70. The van der Waals surface area contributed by atoms with E-state index in [0.717, 1.165) is 17.7 Å². The van der Waals surface area contributed by atoms with E-state index in [1.807, 2.05) is 24.3 Å². The first-order valence-corrected chi connectivity index (χ1v) is 6.41. The second kappa shape index (κ2) is 6.47. The lowest BCUT2D eigenvalue weighted by Crippen LogP contribution is -2.11. The van der Waals surface area contributed by atoms with E-state index in [1.165, 1.54) is 0 Å². The molecular formula is C16H23NO. The standard InChI is InChI=1S/C16H23NO/c1-5-14(17)13-9-6-7-10-15(13)18-12-8-11-16(2,3)4/h6-7,9-10,14H,5,12,17H2,1-4H3. The van der Waals surface area contributed by atoms with Crippen LogP contribution in [0.15, 0.2) is 24.3 Å². The maximum Gasteiger partial charge on any atom is 0.149 e. The summed E-state index contributed by atoms with van der Waals surface area (Å²) >= 11 is 0. The molecule has 2 N–H and O–H groups in total. The van der Waals surface area contributed by atoms with Crippen LogP contribution in [-0.4, -0.2) is 6.61 Å². The van der Waals surface area contributed by atoms with Gasteiger partial charge in [0.05, 0.1) is 0 Å². The maximum atomic E-state index is 6.05. The lowest BCUT2D eigenvalue weighted by molar-refractivity contribution is 0.362. The smallest absolute Gasteiger partial charge is 0.149 e. The van der Waals surface area contributed by atoms with E-state index in [4.69, 9.17) is 10.5 Å². The SMILES string of the molecule is CCC(N)c1ccccc1OCC#CC(C)(C)C. The number of rotatable bonds is 4. The summed E-state index contributed by atoms with van der Waals surface area (Å²) in [7, 11) is 0. The quantitative estimate of drug-likeness (QED) is 0.824. The zero-order chi connectivity index (χ0) is 13.6. The number of ether oxygens (including phenoxy) is 1. The van der Waals surface area contributed by atoms with Gasteiger partial charge in [-0.25, -0.2) is 0 Å². The highest BCUT2D eigenvalue weighted by molar-refractivity contribution is 5.36. The second-order valence-electron chi connectivity index (χ2n) is 5.39. The van der Waals surface area contributed by atoms with Gasteiger partial charge in [0.1, 0.15) is 12.4 Å². The van der Waals surface area contributed by atoms with Gasteiger partial charge in [-0.05, 0) is 33.3 Å². The fourth-order valence-corrected chi connectivity index (χ4v) is 1.55. The number of hydrogen-bond donors (Lipinski definition) is 1. The monoisotopic (exact) mass is 245 g/mol. The molecule has 0 aromatic heterocycles. The van der Waals surface area contributed by atoms with Crippen molar-refractivity contribution in [3.63, 3.8) is 0 Å². The number of benzene rings is 1. The van der Waals surface area contributed by atoms with Gasteiger partial charge < -0.3 is 10.5 Å². The minimum Gasteiger partial charge on any atom is -0.481 e. The molecule has 2 heteroatoms. The van der Waals surface area contributed by atoms with Crippen LogP contribution in [-0.2, 0) is 0 Å². The molecule has 98 valence electrons. The van der Waals surface area contributed by atoms with Gasteiger partial charge in [-0.3, -0.25) is 0 Å². The molecule has 0 saturated heterocycles. The molecule has 0 heterocycles. The van der Waals surface area contributed by atoms with Crippen LogP contribution in [0.4, 0.5) is 0 Å². The molecule has 0 bridgehead atoms. The van der Waals surface area contributed by atoms with Crippen LogP contribution in [0.5, 0.6) is 5.75 Å². The third kappa shape index (κ3) is 4.81. The van der Waals surface area contributed by atoms with E-state index in [2.05, 4.69) is 39.5 Å². The van der Waals surface area contributed by atoms with Crippen LogP contribution in [0.25, 0.3) is 0 Å². The van der Waals surface area contributed by atoms with Gasteiger partial charge in [0.25, 0.3) is 0 Å². The maximum absolute atomic E-state index is 6.05. The zero-order valence-electron chi connectivity index (χ0n) is 11.8. The third-order valence-electron chi connectivity index (χ3n) is 2.52. The van der Waals surface area contributed by atoms with Gasteiger partial charge >= 0.3 is 0 Å². The van der Waals surface area contributed by atoms with E-state index >= 15 is 0 Å². The first kappa shape index (κ1) is 14.6. The Hall–Kier alpha value is -1.46. The van der Waals surface area contributed by atoms with Crippen molar-refractivity contribution < 1.29 is 4.74 Å². The Morgan fingerprint density at radius 1 is 1.28 bits per heavy atom. The van der Waals surface area contributed by atoms with Crippen LogP contribution in [0.2, 0.25) is 0 Å². The minimum atomic E-state index is 0.0166. The lowest BCUT2D eigenvalue weighted by atomic mass is 9.98. The van der Waals surface area contributed by atoms with E-state index in [0.29, 0.717) is 6.61 Å². The molecule has 0 spiro atoms. The van der Waals surface area contributed by atoms with Gasteiger partial charge in [-0.15, -0.1) is 0 Å². The van der Waals surface area contributed by atoms with Crippen LogP contribution < -0.4 is 10.5 Å². The summed E-state index contributed by atoms with van der Waals surface area (Å²) in [6.45, 7) is 8.73. The van der Waals surface area contributed by atoms with E-state index in [-0.39, 0.29) is 11.5 Å². The van der Waals surface area contributed by atoms with Crippen molar-refractivity contribution in [1.82, 2.24) is 0 Å². The molecule has 0 aliphatic heterocycles. The molecule has 1 rings (SSSR count). The fourth-order valence-electron chi connectivity index (χ4n) is 1.55. The molecule has 0 radical (unpaired) electrons. The summed E-state index contributed by atoms with van der Waals surface area (Å²) in [6.07, 6.45) is 0.897. The van der Waals surface area contributed by atoms with Crippen LogP contribution in [0, 0.1) is 17.3 Å². The van der Waals surface area contributed by atoms with Crippen LogP contribution >= 0.6 is 0 Å². The summed E-state index contributed by atoms with van der Waals surface area (Å²) in [5.74, 6) is 7.04. The molecule has 2 nitrogen and oxygen atoms in total. The van der Waals surface area contributed by atoms with Gasteiger partial charge in [0, 0.05) is 17.0 Å². The summed E-state index contributed by atoms with van der Waals surface area (Å²) in [6, 6.07) is 7.93.